The van der Waals surface area contributed by atoms with E-state index in [1.54, 1.807) is 6.07 Å². The van der Waals surface area contributed by atoms with Gasteiger partial charge in [0.05, 0.1) is 12.2 Å². The van der Waals surface area contributed by atoms with Gasteiger partial charge in [0.15, 0.2) is 12.1 Å². The highest BCUT2D eigenvalue weighted by molar-refractivity contribution is 6.78. The summed E-state index contributed by atoms with van der Waals surface area (Å²) in [5.41, 5.74) is 0.928. The highest BCUT2D eigenvalue weighted by atomic mass is 28.4. The lowest BCUT2D eigenvalue weighted by Crippen LogP contribution is -2.50. The van der Waals surface area contributed by atoms with Crippen molar-refractivity contribution in [3.05, 3.63) is 23.5 Å². The quantitative estimate of drug-likeness (QED) is 0.457. The zero-order chi connectivity index (χ0) is 17.8. The standard InChI is InChI=1S/C18H29FO3Si/c1-8-21-16-9-15(11-20)18(19)17(10-16)22-23(12(2)3,13(4)5)14(6)7/h9-14H,8H2,1-7H3. The summed E-state index contributed by atoms with van der Waals surface area (Å²) in [6, 6.07) is 2.99. The van der Waals surface area contributed by atoms with Crippen LogP contribution in [0.3, 0.4) is 0 Å². The fourth-order valence-electron chi connectivity index (χ4n) is 3.55. The van der Waals surface area contributed by atoms with Gasteiger partial charge in [0.2, 0.25) is 0 Å². The molecule has 0 fully saturated rings. The Balaban J connectivity index is 3.43. The third-order valence-electron chi connectivity index (χ3n) is 4.47. The predicted octanol–water partition coefficient (Wildman–Crippen LogP) is 5.59. The van der Waals surface area contributed by atoms with Crippen LogP contribution in [0.1, 0.15) is 58.8 Å². The van der Waals surface area contributed by atoms with Crippen LogP contribution in [0.4, 0.5) is 4.39 Å². The van der Waals surface area contributed by atoms with E-state index < -0.39 is 14.1 Å². The van der Waals surface area contributed by atoms with Crippen LogP contribution in [0.25, 0.3) is 0 Å². The lowest BCUT2D eigenvalue weighted by molar-refractivity contribution is 0.111. The highest BCUT2D eigenvalue weighted by Gasteiger charge is 2.47. The third kappa shape index (κ3) is 3.94. The molecule has 5 heteroatoms. The van der Waals surface area contributed by atoms with E-state index in [0.29, 0.717) is 35.3 Å². The fourth-order valence-corrected chi connectivity index (χ4v) is 8.78. The molecule has 130 valence electrons. The number of halogens is 1. The molecule has 0 aliphatic heterocycles. The molecule has 0 aliphatic rings. The van der Waals surface area contributed by atoms with Gasteiger partial charge in [-0.25, -0.2) is 4.39 Å². The Morgan fingerprint density at radius 3 is 2.00 bits per heavy atom. The van der Waals surface area contributed by atoms with Gasteiger partial charge < -0.3 is 9.16 Å². The number of benzene rings is 1. The van der Waals surface area contributed by atoms with Gasteiger partial charge in [-0.05, 0) is 29.6 Å². The summed E-state index contributed by atoms with van der Waals surface area (Å²) < 4.78 is 26.4. The normalized spacial score (nSPS) is 12.1. The van der Waals surface area contributed by atoms with Crippen molar-refractivity contribution in [2.45, 2.75) is 65.1 Å². The van der Waals surface area contributed by atoms with Crippen molar-refractivity contribution in [3.8, 4) is 11.5 Å². The fraction of sp³-hybridized carbons (Fsp3) is 0.611. The molecule has 0 unspecified atom stereocenters. The van der Waals surface area contributed by atoms with Crippen molar-refractivity contribution in [2.75, 3.05) is 6.61 Å². The van der Waals surface area contributed by atoms with E-state index in [9.17, 15) is 9.18 Å². The molecule has 0 aromatic heterocycles. The largest absolute Gasteiger partial charge is 0.541 e. The van der Waals surface area contributed by atoms with E-state index in [2.05, 4.69) is 41.5 Å². The molecule has 0 atom stereocenters. The number of rotatable bonds is 8. The van der Waals surface area contributed by atoms with Gasteiger partial charge in [0.25, 0.3) is 8.32 Å². The number of carbonyl (C=O) groups excluding carboxylic acids is 1. The third-order valence-corrected chi connectivity index (χ3v) is 10.5. The van der Waals surface area contributed by atoms with Gasteiger partial charge in [0.1, 0.15) is 11.5 Å². The molecule has 0 radical (unpaired) electrons. The molecule has 0 saturated carbocycles. The lowest BCUT2D eigenvalue weighted by atomic mass is 10.2. The maximum atomic E-state index is 14.6. The summed E-state index contributed by atoms with van der Waals surface area (Å²) in [6.07, 6.45) is 0.508. The second kappa shape index (κ2) is 7.95. The van der Waals surface area contributed by atoms with E-state index in [0.717, 1.165) is 0 Å². The van der Waals surface area contributed by atoms with E-state index in [1.807, 2.05) is 6.92 Å². The van der Waals surface area contributed by atoms with Crippen molar-refractivity contribution >= 4 is 14.6 Å². The number of hydrogen-bond acceptors (Lipinski definition) is 3. The van der Waals surface area contributed by atoms with Crippen molar-refractivity contribution in [1.29, 1.82) is 0 Å². The molecule has 0 amide bonds. The summed E-state index contributed by atoms with van der Waals surface area (Å²) >= 11 is 0. The highest BCUT2D eigenvalue weighted by Crippen LogP contribution is 2.44. The van der Waals surface area contributed by atoms with Crippen molar-refractivity contribution in [1.82, 2.24) is 0 Å². The molecule has 1 aromatic rings. The van der Waals surface area contributed by atoms with Crippen molar-refractivity contribution < 1.29 is 18.3 Å². The number of hydrogen-bond donors (Lipinski definition) is 0. The summed E-state index contributed by atoms with van der Waals surface area (Å²) in [4.78, 5) is 11.2. The minimum absolute atomic E-state index is 0.0230. The lowest BCUT2D eigenvalue weighted by Gasteiger charge is -2.42. The first-order valence-corrected chi connectivity index (χ1v) is 10.4. The summed E-state index contributed by atoms with van der Waals surface area (Å²) in [5.74, 6) is 0.00765. The summed E-state index contributed by atoms with van der Waals surface area (Å²) in [7, 11) is -2.29. The van der Waals surface area contributed by atoms with Gasteiger partial charge >= 0.3 is 0 Å². The monoisotopic (exact) mass is 340 g/mol. The molecule has 0 saturated heterocycles. The van der Waals surface area contributed by atoms with E-state index in [1.165, 1.54) is 6.07 Å². The second-order valence-corrected chi connectivity index (χ2v) is 12.2. The molecule has 1 aromatic carbocycles. The van der Waals surface area contributed by atoms with Crippen LogP contribution in [0.5, 0.6) is 11.5 Å². The first-order chi connectivity index (χ1) is 10.7. The first-order valence-electron chi connectivity index (χ1n) is 8.31. The molecule has 0 N–H and O–H groups in total. The molecule has 3 nitrogen and oxygen atoms in total. The van der Waals surface area contributed by atoms with E-state index in [4.69, 9.17) is 9.16 Å². The molecule has 1 rings (SSSR count). The Kier molecular flexibility index (Phi) is 6.80. The minimum atomic E-state index is -2.29. The van der Waals surface area contributed by atoms with Crippen molar-refractivity contribution in [2.24, 2.45) is 0 Å². The van der Waals surface area contributed by atoms with Crippen molar-refractivity contribution in [3.63, 3.8) is 0 Å². The van der Waals surface area contributed by atoms with Crippen LogP contribution in [-0.2, 0) is 0 Å². The zero-order valence-corrected chi connectivity index (χ0v) is 16.3. The van der Waals surface area contributed by atoms with E-state index in [-0.39, 0.29) is 11.3 Å². The predicted molar refractivity (Wildman–Crippen MR) is 94.6 cm³/mol. The Morgan fingerprint density at radius 2 is 1.61 bits per heavy atom. The molecule has 0 aliphatic carbocycles. The van der Waals surface area contributed by atoms with Crippen LogP contribution in [0.15, 0.2) is 12.1 Å². The summed E-state index contributed by atoms with van der Waals surface area (Å²) in [5, 5.41) is 0. The van der Waals surface area contributed by atoms with Gasteiger partial charge in [-0.3, -0.25) is 4.79 Å². The summed E-state index contributed by atoms with van der Waals surface area (Å²) in [6.45, 7) is 15.1. The molecule has 0 spiro atoms. The number of aldehydes is 1. The maximum absolute atomic E-state index is 14.6. The van der Waals surface area contributed by atoms with Gasteiger partial charge in [0, 0.05) is 6.07 Å². The Labute approximate surface area is 140 Å². The number of ether oxygens (including phenoxy) is 1. The molecule has 0 heterocycles. The second-order valence-electron chi connectivity index (χ2n) is 6.80. The van der Waals surface area contributed by atoms with Crippen LogP contribution < -0.4 is 9.16 Å². The van der Waals surface area contributed by atoms with Gasteiger partial charge in [-0.1, -0.05) is 41.5 Å². The first kappa shape index (κ1) is 19.7. The topological polar surface area (TPSA) is 35.5 Å². The van der Waals surface area contributed by atoms with Crippen LogP contribution in [-0.4, -0.2) is 21.2 Å². The SMILES string of the molecule is CCOc1cc(C=O)c(F)c(O[Si](C(C)C)(C(C)C)C(C)C)c1. The molecular formula is C18H29FO3Si. The molecule has 23 heavy (non-hydrogen) atoms. The average Bonchev–Trinajstić information content (AvgIpc) is 2.46. The van der Waals surface area contributed by atoms with Crippen LogP contribution >= 0.6 is 0 Å². The Bertz CT molecular complexity index is 520. The maximum Gasteiger partial charge on any atom is 0.258 e. The Hall–Kier alpha value is -1.36. The minimum Gasteiger partial charge on any atom is -0.541 e. The Morgan fingerprint density at radius 1 is 1.09 bits per heavy atom. The number of carbonyl (C=O) groups is 1. The van der Waals surface area contributed by atoms with Gasteiger partial charge in [-0.15, -0.1) is 0 Å². The molecule has 0 bridgehead atoms. The van der Waals surface area contributed by atoms with E-state index >= 15 is 0 Å². The zero-order valence-electron chi connectivity index (χ0n) is 15.3. The smallest absolute Gasteiger partial charge is 0.258 e. The van der Waals surface area contributed by atoms with Gasteiger partial charge in [-0.2, -0.15) is 0 Å². The average molecular weight is 341 g/mol. The van der Waals surface area contributed by atoms with Crippen LogP contribution in [0, 0.1) is 5.82 Å². The van der Waals surface area contributed by atoms with Crippen LogP contribution in [0.2, 0.25) is 16.6 Å². The molecular weight excluding hydrogens is 311 g/mol.